The number of halogens is 3. The molecule has 0 saturated heterocycles. The predicted molar refractivity (Wildman–Crippen MR) is 76.2 cm³/mol. The van der Waals surface area contributed by atoms with Crippen LogP contribution in [-0.4, -0.2) is 17.5 Å². The van der Waals surface area contributed by atoms with Gasteiger partial charge in [0.1, 0.15) is 0 Å². The lowest BCUT2D eigenvalue weighted by atomic mass is 10.0. The van der Waals surface area contributed by atoms with Crippen molar-refractivity contribution in [3.8, 4) is 0 Å². The van der Waals surface area contributed by atoms with Gasteiger partial charge in [-0.15, -0.1) is 0 Å². The summed E-state index contributed by atoms with van der Waals surface area (Å²) < 4.78 is 39.2. The zero-order chi connectivity index (χ0) is 15.5. The molecule has 0 aliphatic carbocycles. The van der Waals surface area contributed by atoms with E-state index in [9.17, 15) is 13.2 Å². The first-order valence-corrected chi connectivity index (χ1v) is 6.81. The van der Waals surface area contributed by atoms with Gasteiger partial charge in [-0.1, -0.05) is 19.9 Å². The second-order valence-electron chi connectivity index (χ2n) is 5.83. The van der Waals surface area contributed by atoms with E-state index in [4.69, 9.17) is 5.73 Å². The lowest BCUT2D eigenvalue weighted by Crippen LogP contribution is -2.34. The van der Waals surface area contributed by atoms with Gasteiger partial charge in [0.05, 0.1) is 5.56 Å². The highest BCUT2D eigenvalue weighted by Gasteiger charge is 2.34. The summed E-state index contributed by atoms with van der Waals surface area (Å²) in [7, 11) is 0. The Hall–Kier alpha value is -1.23. The number of rotatable bonds is 5. The molecule has 20 heavy (non-hydrogen) atoms. The van der Waals surface area contributed by atoms with E-state index in [1.54, 1.807) is 0 Å². The number of nitrogens with two attached hydrogens (primary N) is 1. The molecule has 2 nitrogen and oxygen atoms in total. The number of alkyl halides is 3. The number of hydrogen-bond acceptors (Lipinski definition) is 2. The molecule has 1 aromatic carbocycles. The van der Waals surface area contributed by atoms with E-state index in [2.05, 4.69) is 13.8 Å². The summed E-state index contributed by atoms with van der Waals surface area (Å²) in [5.41, 5.74) is 5.27. The van der Waals surface area contributed by atoms with Crippen LogP contribution >= 0.6 is 0 Å². The van der Waals surface area contributed by atoms with Crippen LogP contribution in [0.2, 0.25) is 0 Å². The number of anilines is 1. The Kier molecular flexibility index (Phi) is 5.45. The minimum atomic E-state index is -4.37. The van der Waals surface area contributed by atoms with E-state index < -0.39 is 11.7 Å². The quantitative estimate of drug-likeness (QED) is 0.825. The Morgan fingerprint density at radius 1 is 1.15 bits per heavy atom. The molecule has 0 atom stereocenters. The molecule has 0 amide bonds. The van der Waals surface area contributed by atoms with Gasteiger partial charge < -0.3 is 5.73 Å². The highest BCUT2D eigenvalue weighted by Crippen LogP contribution is 2.34. The van der Waals surface area contributed by atoms with Crippen LogP contribution in [0.5, 0.6) is 0 Å². The molecular weight excluding hydrogens is 265 g/mol. The molecule has 0 fully saturated rings. The van der Waals surface area contributed by atoms with Gasteiger partial charge in [-0.3, -0.25) is 4.90 Å². The molecule has 2 N–H and O–H groups in total. The van der Waals surface area contributed by atoms with E-state index in [1.807, 2.05) is 18.7 Å². The van der Waals surface area contributed by atoms with Crippen molar-refractivity contribution in [1.82, 2.24) is 4.90 Å². The number of nitrogen functional groups attached to an aromatic ring is 1. The normalized spacial score (nSPS) is 12.7. The van der Waals surface area contributed by atoms with Gasteiger partial charge >= 0.3 is 6.18 Å². The van der Waals surface area contributed by atoms with Crippen molar-refractivity contribution < 1.29 is 13.2 Å². The Morgan fingerprint density at radius 3 is 2.20 bits per heavy atom. The molecule has 0 bridgehead atoms. The highest BCUT2D eigenvalue weighted by atomic mass is 19.4. The van der Waals surface area contributed by atoms with E-state index in [-0.39, 0.29) is 23.8 Å². The van der Waals surface area contributed by atoms with Crippen molar-refractivity contribution in [1.29, 1.82) is 0 Å². The predicted octanol–water partition coefficient (Wildman–Crippen LogP) is 4.15. The van der Waals surface area contributed by atoms with Crippen LogP contribution in [0.3, 0.4) is 0 Å². The van der Waals surface area contributed by atoms with Crippen molar-refractivity contribution in [2.24, 2.45) is 5.92 Å². The van der Waals surface area contributed by atoms with Crippen molar-refractivity contribution in [2.45, 2.75) is 46.5 Å². The van der Waals surface area contributed by atoms with Crippen molar-refractivity contribution in [2.75, 3.05) is 12.3 Å². The fourth-order valence-electron chi connectivity index (χ4n) is 2.14. The molecule has 114 valence electrons. The number of hydrogen-bond donors (Lipinski definition) is 1. The SMILES string of the molecule is CC(C)CN(Cc1ccc(N)cc1C(F)(F)F)C(C)C. The Labute approximate surface area is 118 Å². The third kappa shape index (κ3) is 4.71. The van der Waals surface area contributed by atoms with Crippen LogP contribution in [0.1, 0.15) is 38.8 Å². The summed E-state index contributed by atoms with van der Waals surface area (Å²) in [5.74, 6) is 0.403. The van der Waals surface area contributed by atoms with E-state index in [0.717, 1.165) is 12.6 Å². The second kappa shape index (κ2) is 6.48. The Morgan fingerprint density at radius 2 is 1.75 bits per heavy atom. The largest absolute Gasteiger partial charge is 0.416 e. The fourth-order valence-corrected chi connectivity index (χ4v) is 2.14. The summed E-state index contributed by atoms with van der Waals surface area (Å²) in [6.07, 6.45) is -4.37. The first-order chi connectivity index (χ1) is 9.11. The molecule has 0 aliphatic heterocycles. The zero-order valence-corrected chi connectivity index (χ0v) is 12.5. The smallest absolute Gasteiger partial charge is 0.399 e. The molecule has 0 unspecified atom stereocenters. The molecule has 0 aromatic heterocycles. The molecule has 0 aliphatic rings. The maximum absolute atomic E-state index is 13.1. The van der Waals surface area contributed by atoms with Crippen LogP contribution in [-0.2, 0) is 12.7 Å². The summed E-state index contributed by atoms with van der Waals surface area (Å²) in [6, 6.07) is 4.21. The van der Waals surface area contributed by atoms with Crippen LogP contribution in [0.25, 0.3) is 0 Å². The lowest BCUT2D eigenvalue weighted by molar-refractivity contribution is -0.138. The van der Waals surface area contributed by atoms with Gasteiger partial charge in [0.2, 0.25) is 0 Å². The number of benzene rings is 1. The van der Waals surface area contributed by atoms with Gasteiger partial charge in [0.15, 0.2) is 0 Å². The summed E-state index contributed by atoms with van der Waals surface area (Å²) in [6.45, 7) is 9.15. The van der Waals surface area contributed by atoms with E-state index >= 15 is 0 Å². The molecule has 0 spiro atoms. The molecule has 0 heterocycles. The molecule has 1 rings (SSSR count). The van der Waals surface area contributed by atoms with Gasteiger partial charge in [-0.25, -0.2) is 0 Å². The van der Waals surface area contributed by atoms with E-state index in [0.29, 0.717) is 5.92 Å². The molecule has 0 saturated carbocycles. The summed E-state index contributed by atoms with van der Waals surface area (Å²) in [5, 5.41) is 0. The summed E-state index contributed by atoms with van der Waals surface area (Å²) in [4.78, 5) is 2.05. The second-order valence-corrected chi connectivity index (χ2v) is 5.83. The van der Waals surface area contributed by atoms with Crippen LogP contribution < -0.4 is 5.73 Å². The molecule has 0 radical (unpaired) electrons. The lowest BCUT2D eigenvalue weighted by Gasteiger charge is -2.29. The minimum Gasteiger partial charge on any atom is -0.399 e. The third-order valence-corrected chi connectivity index (χ3v) is 3.14. The number of nitrogens with zero attached hydrogens (tertiary/aromatic N) is 1. The topological polar surface area (TPSA) is 29.3 Å². The fraction of sp³-hybridized carbons (Fsp3) is 0.600. The van der Waals surface area contributed by atoms with Crippen LogP contribution in [0, 0.1) is 5.92 Å². The van der Waals surface area contributed by atoms with Gasteiger partial charge in [-0.05, 0) is 37.5 Å². The highest BCUT2D eigenvalue weighted by molar-refractivity contribution is 5.46. The van der Waals surface area contributed by atoms with Crippen molar-refractivity contribution in [3.05, 3.63) is 29.3 Å². The van der Waals surface area contributed by atoms with E-state index in [1.165, 1.54) is 12.1 Å². The van der Waals surface area contributed by atoms with Crippen molar-refractivity contribution in [3.63, 3.8) is 0 Å². The van der Waals surface area contributed by atoms with Crippen LogP contribution in [0.4, 0.5) is 18.9 Å². The van der Waals surface area contributed by atoms with Gasteiger partial charge in [0, 0.05) is 24.8 Å². The zero-order valence-electron chi connectivity index (χ0n) is 12.5. The summed E-state index contributed by atoms with van der Waals surface area (Å²) >= 11 is 0. The van der Waals surface area contributed by atoms with Gasteiger partial charge in [-0.2, -0.15) is 13.2 Å². The van der Waals surface area contributed by atoms with Crippen LogP contribution in [0.15, 0.2) is 18.2 Å². The molecule has 1 aromatic rings. The Bertz CT molecular complexity index is 439. The molecular formula is C15H23F3N2. The Balaban J connectivity index is 3.06. The minimum absolute atomic E-state index is 0.140. The average molecular weight is 288 g/mol. The first-order valence-electron chi connectivity index (χ1n) is 6.81. The monoisotopic (exact) mass is 288 g/mol. The van der Waals surface area contributed by atoms with Crippen molar-refractivity contribution >= 4 is 5.69 Å². The average Bonchev–Trinajstić information content (AvgIpc) is 2.28. The maximum Gasteiger partial charge on any atom is 0.416 e. The molecule has 5 heteroatoms. The standard InChI is InChI=1S/C15H23F3N2/c1-10(2)8-20(11(3)4)9-12-5-6-13(19)7-14(12)15(16,17)18/h5-7,10-11H,8-9,19H2,1-4H3. The first kappa shape index (κ1) is 16.8. The van der Waals surface area contributed by atoms with Gasteiger partial charge in [0.25, 0.3) is 0 Å². The maximum atomic E-state index is 13.1. The third-order valence-electron chi connectivity index (χ3n) is 3.14.